The van der Waals surface area contributed by atoms with Gasteiger partial charge in [-0.05, 0) is 58.3 Å². The minimum absolute atomic E-state index is 0.102. The van der Waals surface area contributed by atoms with Gasteiger partial charge in [-0.15, -0.1) is 0 Å². The van der Waals surface area contributed by atoms with Crippen LogP contribution in [0.4, 0.5) is 0 Å². The Labute approximate surface area is 181 Å². The van der Waals surface area contributed by atoms with Crippen LogP contribution in [0, 0.1) is 0 Å². The van der Waals surface area contributed by atoms with E-state index in [-0.39, 0.29) is 12.5 Å². The monoisotopic (exact) mass is 409 g/mol. The fourth-order valence-electron chi connectivity index (χ4n) is 4.34. The van der Waals surface area contributed by atoms with E-state index in [4.69, 9.17) is 9.84 Å². The summed E-state index contributed by atoms with van der Waals surface area (Å²) in [6.07, 6.45) is 6.17. The first kappa shape index (κ1) is 19.3. The molecule has 1 aliphatic rings. The molecule has 0 radical (unpaired) electrons. The first-order valence-corrected chi connectivity index (χ1v) is 10.6. The maximum absolute atomic E-state index is 11.0. The second-order valence-corrected chi connectivity index (χ2v) is 8.08. The first-order chi connectivity index (χ1) is 15.2. The molecular formula is C27H23NO3. The molecule has 0 amide bonds. The summed E-state index contributed by atoms with van der Waals surface area (Å²) >= 11 is 0. The Morgan fingerprint density at radius 2 is 1.77 bits per heavy atom. The maximum Gasteiger partial charge on any atom is 0.303 e. The van der Waals surface area contributed by atoms with E-state index in [0.717, 1.165) is 46.1 Å². The Morgan fingerprint density at radius 3 is 2.55 bits per heavy atom. The molecule has 4 aromatic rings. The van der Waals surface area contributed by atoms with Crippen molar-refractivity contribution in [1.82, 2.24) is 4.98 Å². The third-order valence-electron chi connectivity index (χ3n) is 5.93. The lowest BCUT2D eigenvalue weighted by Crippen LogP contribution is -2.16. The lowest BCUT2D eigenvalue weighted by atomic mass is 9.98. The summed E-state index contributed by atoms with van der Waals surface area (Å²) in [6.45, 7) is 0. The van der Waals surface area contributed by atoms with Gasteiger partial charge in [-0.25, -0.2) is 0 Å². The van der Waals surface area contributed by atoms with Crippen molar-refractivity contribution >= 4 is 16.7 Å². The van der Waals surface area contributed by atoms with Gasteiger partial charge in [0.15, 0.2) is 0 Å². The van der Waals surface area contributed by atoms with Crippen molar-refractivity contribution in [3.05, 3.63) is 95.8 Å². The summed E-state index contributed by atoms with van der Waals surface area (Å²) in [5.74, 6) is 0.0501. The fourth-order valence-corrected chi connectivity index (χ4v) is 4.34. The van der Waals surface area contributed by atoms with E-state index in [1.54, 1.807) is 6.20 Å². The number of hydrogen-bond donors (Lipinski definition) is 1. The molecule has 154 valence electrons. The second-order valence-electron chi connectivity index (χ2n) is 8.08. The lowest BCUT2D eigenvalue weighted by Gasteiger charge is -2.18. The van der Waals surface area contributed by atoms with Crippen molar-refractivity contribution in [2.24, 2.45) is 0 Å². The van der Waals surface area contributed by atoms with Gasteiger partial charge in [0.2, 0.25) is 0 Å². The molecule has 0 spiro atoms. The van der Waals surface area contributed by atoms with Crippen LogP contribution in [0.5, 0.6) is 5.75 Å². The molecule has 0 saturated carbocycles. The largest absolute Gasteiger partial charge is 0.489 e. The summed E-state index contributed by atoms with van der Waals surface area (Å²) in [5.41, 5.74) is 5.75. The fraction of sp³-hybridized carbons (Fsp3) is 0.185. The molecular weight excluding hydrogens is 386 g/mol. The van der Waals surface area contributed by atoms with Gasteiger partial charge in [0.25, 0.3) is 0 Å². The van der Waals surface area contributed by atoms with E-state index in [2.05, 4.69) is 53.5 Å². The number of pyridine rings is 1. The molecule has 1 aliphatic carbocycles. The average molecular weight is 409 g/mol. The number of ether oxygens (including phenoxy) is 1. The van der Waals surface area contributed by atoms with Crippen LogP contribution < -0.4 is 4.74 Å². The number of aliphatic carboxylic acids is 1. The van der Waals surface area contributed by atoms with Gasteiger partial charge < -0.3 is 9.84 Å². The number of nitrogens with zero attached hydrogens (tertiary/aromatic N) is 1. The van der Waals surface area contributed by atoms with Crippen molar-refractivity contribution in [2.45, 2.75) is 31.8 Å². The number of carboxylic acid groups (broad SMARTS) is 1. The van der Waals surface area contributed by atoms with Gasteiger partial charge in [0.05, 0.1) is 0 Å². The topological polar surface area (TPSA) is 59.4 Å². The third-order valence-corrected chi connectivity index (χ3v) is 5.93. The first-order valence-electron chi connectivity index (χ1n) is 10.6. The molecule has 3 aromatic carbocycles. The van der Waals surface area contributed by atoms with E-state index < -0.39 is 5.97 Å². The van der Waals surface area contributed by atoms with Gasteiger partial charge in [-0.3, -0.25) is 9.78 Å². The van der Waals surface area contributed by atoms with Crippen molar-refractivity contribution in [3.63, 3.8) is 0 Å². The van der Waals surface area contributed by atoms with E-state index in [9.17, 15) is 4.79 Å². The third kappa shape index (κ3) is 4.15. The molecule has 0 saturated heterocycles. The zero-order valence-corrected chi connectivity index (χ0v) is 17.1. The summed E-state index contributed by atoms with van der Waals surface area (Å²) in [6, 6.07) is 22.8. The highest BCUT2D eigenvalue weighted by molar-refractivity contribution is 5.87. The Hall–Kier alpha value is -3.66. The minimum Gasteiger partial charge on any atom is -0.489 e. The molecule has 4 heteroatoms. The Kier molecular flexibility index (Phi) is 5.13. The number of aryl methyl sites for hydroxylation is 1. The normalized spacial score (nSPS) is 13.3. The maximum atomic E-state index is 11.0. The summed E-state index contributed by atoms with van der Waals surface area (Å²) in [4.78, 5) is 15.2. The smallest absolute Gasteiger partial charge is 0.303 e. The number of fused-ring (bicyclic) bond motifs is 2. The molecule has 0 atom stereocenters. The highest BCUT2D eigenvalue weighted by atomic mass is 16.5. The van der Waals surface area contributed by atoms with Crippen LogP contribution in [0.3, 0.4) is 0 Å². The SMILES string of the molecule is O=C(O)CCc1ccc(OC2Cc3ccccc3C2)c(-c2ccc3cnccc3c2)c1. The molecule has 0 aliphatic heterocycles. The number of hydrogen-bond acceptors (Lipinski definition) is 3. The average Bonchev–Trinajstić information content (AvgIpc) is 3.20. The van der Waals surface area contributed by atoms with Crippen molar-refractivity contribution in [3.8, 4) is 16.9 Å². The molecule has 5 rings (SSSR count). The van der Waals surface area contributed by atoms with Crippen LogP contribution in [-0.2, 0) is 24.1 Å². The van der Waals surface area contributed by atoms with Crippen LogP contribution in [-0.4, -0.2) is 22.2 Å². The standard InChI is InChI=1S/C27H23NO3/c29-27(30)10-6-18-5-9-26(31-24-15-19-3-1-2-4-20(19)16-24)25(13-18)22-7-8-23-17-28-12-11-21(23)14-22/h1-5,7-9,11-14,17,24H,6,10,15-16H2,(H,29,30). The predicted octanol–water partition coefficient (Wildman–Crippen LogP) is 5.47. The zero-order chi connectivity index (χ0) is 21.2. The van der Waals surface area contributed by atoms with Crippen LogP contribution >= 0.6 is 0 Å². The summed E-state index contributed by atoms with van der Waals surface area (Å²) in [5, 5.41) is 11.3. The molecule has 4 nitrogen and oxygen atoms in total. The van der Waals surface area contributed by atoms with Gasteiger partial charge in [-0.1, -0.05) is 42.5 Å². The van der Waals surface area contributed by atoms with Crippen molar-refractivity contribution in [2.75, 3.05) is 0 Å². The number of carbonyl (C=O) groups is 1. The van der Waals surface area contributed by atoms with E-state index in [1.807, 2.05) is 24.4 Å². The minimum atomic E-state index is -0.788. The highest BCUT2D eigenvalue weighted by Gasteiger charge is 2.23. The van der Waals surface area contributed by atoms with E-state index >= 15 is 0 Å². The molecule has 1 heterocycles. The number of benzene rings is 3. The van der Waals surface area contributed by atoms with Crippen molar-refractivity contribution in [1.29, 1.82) is 0 Å². The Bertz CT molecular complexity index is 1240. The molecule has 0 unspecified atom stereocenters. The predicted molar refractivity (Wildman–Crippen MR) is 121 cm³/mol. The molecule has 0 fully saturated rings. The quantitative estimate of drug-likeness (QED) is 0.459. The zero-order valence-electron chi connectivity index (χ0n) is 17.1. The van der Waals surface area contributed by atoms with Crippen LogP contribution in [0.1, 0.15) is 23.1 Å². The van der Waals surface area contributed by atoms with Crippen LogP contribution in [0.2, 0.25) is 0 Å². The Balaban J connectivity index is 1.50. The Morgan fingerprint density at radius 1 is 0.968 bits per heavy atom. The number of aromatic nitrogens is 1. The molecule has 1 N–H and O–H groups in total. The van der Waals surface area contributed by atoms with E-state index in [1.165, 1.54) is 11.1 Å². The van der Waals surface area contributed by atoms with Crippen LogP contribution in [0.25, 0.3) is 21.9 Å². The van der Waals surface area contributed by atoms with Crippen molar-refractivity contribution < 1.29 is 14.6 Å². The summed E-state index contributed by atoms with van der Waals surface area (Å²) in [7, 11) is 0. The lowest BCUT2D eigenvalue weighted by molar-refractivity contribution is -0.136. The van der Waals surface area contributed by atoms with E-state index in [0.29, 0.717) is 6.42 Å². The van der Waals surface area contributed by atoms with Gasteiger partial charge >= 0.3 is 5.97 Å². The summed E-state index contributed by atoms with van der Waals surface area (Å²) < 4.78 is 6.51. The molecule has 31 heavy (non-hydrogen) atoms. The molecule has 0 bridgehead atoms. The number of rotatable bonds is 6. The molecule has 1 aromatic heterocycles. The van der Waals surface area contributed by atoms with Gasteiger partial charge in [-0.2, -0.15) is 0 Å². The highest BCUT2D eigenvalue weighted by Crippen LogP contribution is 2.35. The van der Waals surface area contributed by atoms with Gasteiger partial charge in [0, 0.05) is 42.6 Å². The number of carboxylic acids is 1. The van der Waals surface area contributed by atoms with Gasteiger partial charge in [0.1, 0.15) is 11.9 Å². The van der Waals surface area contributed by atoms with Crippen LogP contribution in [0.15, 0.2) is 79.1 Å². The second kappa shape index (κ2) is 8.23.